The van der Waals surface area contributed by atoms with Crippen molar-refractivity contribution in [3.63, 3.8) is 0 Å². The SMILES string of the molecule is Cn1ncc(C(=O)O)c1CNC(CO)Cc1ccccc1. The predicted octanol–water partition coefficient (Wildman–Crippen LogP) is 0.811. The van der Waals surface area contributed by atoms with Gasteiger partial charge in [0.1, 0.15) is 5.56 Å². The van der Waals surface area contributed by atoms with Crippen LogP contribution in [-0.2, 0) is 20.0 Å². The number of carboxylic acids is 1. The van der Waals surface area contributed by atoms with Crippen LogP contribution in [0.5, 0.6) is 0 Å². The normalized spacial score (nSPS) is 12.3. The van der Waals surface area contributed by atoms with Gasteiger partial charge < -0.3 is 15.5 Å². The second-order valence-electron chi connectivity index (χ2n) is 4.88. The number of benzene rings is 1. The summed E-state index contributed by atoms with van der Waals surface area (Å²) < 4.78 is 1.54. The van der Waals surface area contributed by atoms with Crippen molar-refractivity contribution in [3.8, 4) is 0 Å². The van der Waals surface area contributed by atoms with Crippen LogP contribution in [0.25, 0.3) is 0 Å². The second kappa shape index (κ2) is 7.01. The van der Waals surface area contributed by atoms with Crippen LogP contribution >= 0.6 is 0 Å². The molecule has 0 aliphatic heterocycles. The number of aliphatic hydroxyl groups is 1. The van der Waals surface area contributed by atoms with Crippen LogP contribution in [0.15, 0.2) is 36.5 Å². The molecule has 1 unspecified atom stereocenters. The highest BCUT2D eigenvalue weighted by Crippen LogP contribution is 2.09. The van der Waals surface area contributed by atoms with Crippen molar-refractivity contribution in [2.24, 2.45) is 7.05 Å². The fourth-order valence-corrected chi connectivity index (χ4v) is 2.19. The van der Waals surface area contributed by atoms with Gasteiger partial charge in [-0.05, 0) is 12.0 Å². The Morgan fingerprint density at radius 2 is 2.10 bits per heavy atom. The molecule has 1 aromatic heterocycles. The van der Waals surface area contributed by atoms with E-state index in [1.54, 1.807) is 7.05 Å². The quantitative estimate of drug-likeness (QED) is 0.702. The lowest BCUT2D eigenvalue weighted by Gasteiger charge is -2.16. The van der Waals surface area contributed by atoms with Crippen molar-refractivity contribution in [1.29, 1.82) is 0 Å². The molecule has 0 spiro atoms. The van der Waals surface area contributed by atoms with Gasteiger partial charge >= 0.3 is 5.97 Å². The molecule has 2 aromatic rings. The van der Waals surface area contributed by atoms with Crippen molar-refractivity contribution in [2.75, 3.05) is 6.61 Å². The van der Waals surface area contributed by atoms with Gasteiger partial charge in [-0.25, -0.2) is 4.79 Å². The minimum absolute atomic E-state index is 0.0187. The van der Waals surface area contributed by atoms with Crippen LogP contribution in [0, 0.1) is 0 Å². The third kappa shape index (κ3) is 3.90. The van der Waals surface area contributed by atoms with Crippen LogP contribution < -0.4 is 5.32 Å². The zero-order chi connectivity index (χ0) is 15.2. The number of aromatic carboxylic acids is 1. The first-order chi connectivity index (χ1) is 10.1. The van der Waals surface area contributed by atoms with E-state index in [-0.39, 0.29) is 18.2 Å². The predicted molar refractivity (Wildman–Crippen MR) is 78.0 cm³/mol. The average Bonchev–Trinajstić information content (AvgIpc) is 2.86. The molecule has 6 nitrogen and oxygen atoms in total. The van der Waals surface area contributed by atoms with Gasteiger partial charge in [-0.15, -0.1) is 0 Å². The number of hydrogen-bond donors (Lipinski definition) is 3. The Labute approximate surface area is 123 Å². The smallest absolute Gasteiger partial charge is 0.339 e. The molecule has 0 radical (unpaired) electrons. The number of aromatic nitrogens is 2. The maximum absolute atomic E-state index is 11.1. The van der Waals surface area contributed by atoms with Crippen molar-refractivity contribution >= 4 is 5.97 Å². The highest BCUT2D eigenvalue weighted by molar-refractivity contribution is 5.88. The van der Waals surface area contributed by atoms with E-state index in [4.69, 9.17) is 5.11 Å². The number of aliphatic hydroxyl groups excluding tert-OH is 1. The molecule has 6 heteroatoms. The Balaban J connectivity index is 2.00. The molecule has 3 N–H and O–H groups in total. The highest BCUT2D eigenvalue weighted by Gasteiger charge is 2.16. The van der Waals surface area contributed by atoms with Crippen molar-refractivity contribution in [1.82, 2.24) is 15.1 Å². The van der Waals surface area contributed by atoms with Crippen LogP contribution in [0.3, 0.4) is 0 Å². The van der Waals surface area contributed by atoms with E-state index in [1.165, 1.54) is 10.9 Å². The van der Waals surface area contributed by atoms with Gasteiger partial charge in [0.25, 0.3) is 0 Å². The summed E-state index contributed by atoms with van der Waals surface area (Å²) in [6, 6.07) is 9.71. The lowest BCUT2D eigenvalue weighted by molar-refractivity contribution is 0.0695. The van der Waals surface area contributed by atoms with Gasteiger partial charge in [0.15, 0.2) is 0 Å². The number of aryl methyl sites for hydroxylation is 1. The first-order valence-corrected chi connectivity index (χ1v) is 6.74. The number of hydrogen-bond acceptors (Lipinski definition) is 4. The Kier molecular flexibility index (Phi) is 5.08. The number of nitrogens with one attached hydrogen (secondary N) is 1. The summed E-state index contributed by atoms with van der Waals surface area (Å²) in [6.07, 6.45) is 2.02. The Bertz CT molecular complexity index is 595. The van der Waals surface area contributed by atoms with Gasteiger partial charge in [0.05, 0.1) is 18.5 Å². The lowest BCUT2D eigenvalue weighted by Crippen LogP contribution is -2.35. The third-order valence-corrected chi connectivity index (χ3v) is 3.40. The monoisotopic (exact) mass is 289 g/mol. The maximum atomic E-state index is 11.1. The summed E-state index contributed by atoms with van der Waals surface area (Å²) in [7, 11) is 1.70. The molecule has 1 atom stereocenters. The third-order valence-electron chi connectivity index (χ3n) is 3.40. The summed E-state index contributed by atoms with van der Waals surface area (Å²) >= 11 is 0. The van der Waals surface area contributed by atoms with Gasteiger partial charge in [0, 0.05) is 19.6 Å². The zero-order valence-corrected chi connectivity index (χ0v) is 11.9. The standard InChI is InChI=1S/C15H19N3O3/c1-18-14(13(8-17-18)15(20)21)9-16-12(10-19)7-11-5-3-2-4-6-11/h2-6,8,12,16,19H,7,9-10H2,1H3,(H,20,21). The molecule has 0 aliphatic rings. The molecule has 2 rings (SSSR count). The van der Waals surface area contributed by atoms with Gasteiger partial charge in [-0.3, -0.25) is 4.68 Å². The number of carboxylic acid groups (broad SMARTS) is 1. The number of rotatable bonds is 7. The molecule has 0 amide bonds. The average molecular weight is 289 g/mol. The van der Waals surface area contributed by atoms with E-state index < -0.39 is 5.97 Å². The van der Waals surface area contributed by atoms with E-state index >= 15 is 0 Å². The van der Waals surface area contributed by atoms with E-state index in [1.807, 2.05) is 30.3 Å². The van der Waals surface area contributed by atoms with E-state index in [0.717, 1.165) is 5.56 Å². The molecule has 0 saturated heterocycles. The largest absolute Gasteiger partial charge is 0.478 e. The summed E-state index contributed by atoms with van der Waals surface area (Å²) in [4.78, 5) is 11.1. The summed E-state index contributed by atoms with van der Waals surface area (Å²) in [5.74, 6) is -0.997. The fraction of sp³-hybridized carbons (Fsp3) is 0.333. The second-order valence-corrected chi connectivity index (χ2v) is 4.88. The molecule has 0 saturated carbocycles. The summed E-state index contributed by atoms with van der Waals surface area (Å²) in [5, 5.41) is 25.7. The molecule has 0 fully saturated rings. The van der Waals surface area contributed by atoms with Crippen molar-refractivity contribution in [2.45, 2.75) is 19.0 Å². The highest BCUT2D eigenvalue weighted by atomic mass is 16.4. The molecule has 21 heavy (non-hydrogen) atoms. The first kappa shape index (κ1) is 15.2. The van der Waals surface area contributed by atoms with E-state index in [2.05, 4.69) is 10.4 Å². The molecule has 0 bridgehead atoms. The number of carbonyl (C=O) groups is 1. The summed E-state index contributed by atoms with van der Waals surface area (Å²) in [5.41, 5.74) is 1.89. The molecule has 1 aromatic carbocycles. The molecular weight excluding hydrogens is 270 g/mol. The van der Waals surface area contributed by atoms with E-state index in [9.17, 15) is 9.90 Å². The van der Waals surface area contributed by atoms with Crippen LogP contribution in [0.4, 0.5) is 0 Å². The van der Waals surface area contributed by atoms with Crippen molar-refractivity contribution < 1.29 is 15.0 Å². The lowest BCUT2D eigenvalue weighted by atomic mass is 10.1. The molecule has 1 heterocycles. The van der Waals surface area contributed by atoms with Gasteiger partial charge in [0.2, 0.25) is 0 Å². The van der Waals surface area contributed by atoms with Gasteiger partial charge in [-0.1, -0.05) is 30.3 Å². The summed E-state index contributed by atoms with van der Waals surface area (Å²) in [6.45, 7) is 0.325. The topological polar surface area (TPSA) is 87.4 Å². The maximum Gasteiger partial charge on any atom is 0.339 e. The van der Waals surface area contributed by atoms with Crippen LogP contribution in [0.2, 0.25) is 0 Å². The Morgan fingerprint density at radius 3 is 2.71 bits per heavy atom. The zero-order valence-electron chi connectivity index (χ0n) is 11.9. The molecule has 112 valence electrons. The Hall–Kier alpha value is -2.18. The van der Waals surface area contributed by atoms with Gasteiger partial charge in [-0.2, -0.15) is 5.10 Å². The first-order valence-electron chi connectivity index (χ1n) is 6.74. The fourth-order valence-electron chi connectivity index (χ4n) is 2.19. The minimum atomic E-state index is -0.997. The Morgan fingerprint density at radius 1 is 1.38 bits per heavy atom. The molecule has 0 aliphatic carbocycles. The number of nitrogens with zero attached hydrogens (tertiary/aromatic N) is 2. The minimum Gasteiger partial charge on any atom is -0.478 e. The van der Waals surface area contributed by atoms with Crippen LogP contribution in [0.1, 0.15) is 21.6 Å². The van der Waals surface area contributed by atoms with Crippen LogP contribution in [-0.4, -0.2) is 38.6 Å². The van der Waals surface area contributed by atoms with E-state index in [0.29, 0.717) is 18.7 Å². The molecular formula is C15H19N3O3. The van der Waals surface area contributed by atoms with Crippen molar-refractivity contribution in [3.05, 3.63) is 53.3 Å².